The molecule has 1 saturated heterocycles. The predicted molar refractivity (Wildman–Crippen MR) is 124 cm³/mol. The van der Waals surface area contributed by atoms with Crippen LogP contribution in [0.3, 0.4) is 0 Å². The molecule has 0 spiro atoms. The number of amides is 2. The second kappa shape index (κ2) is 9.37. The van der Waals surface area contributed by atoms with Gasteiger partial charge < -0.3 is 14.8 Å². The molecule has 1 aromatic heterocycles. The van der Waals surface area contributed by atoms with E-state index in [4.69, 9.17) is 4.98 Å². The van der Waals surface area contributed by atoms with Crippen molar-refractivity contribution in [1.29, 1.82) is 0 Å². The van der Waals surface area contributed by atoms with Gasteiger partial charge in [0.25, 0.3) is 11.6 Å². The summed E-state index contributed by atoms with van der Waals surface area (Å²) < 4.78 is 2.02. The van der Waals surface area contributed by atoms with E-state index < -0.39 is 10.8 Å². The molecule has 0 bridgehead atoms. The number of aryl methyl sites for hydroxylation is 1. The van der Waals surface area contributed by atoms with Gasteiger partial charge in [-0.3, -0.25) is 24.6 Å². The number of para-hydroxylation sites is 1. The van der Waals surface area contributed by atoms with Gasteiger partial charge in [0.1, 0.15) is 11.4 Å². The van der Waals surface area contributed by atoms with Gasteiger partial charge in [-0.25, -0.2) is 4.98 Å². The van der Waals surface area contributed by atoms with E-state index in [0.717, 1.165) is 43.0 Å². The maximum absolute atomic E-state index is 12.6. The quantitative estimate of drug-likeness (QED) is 0.456. The number of nitrogens with zero attached hydrogens (tertiary/aromatic N) is 5. The minimum atomic E-state index is -0.568. The fraction of sp³-hybridized carbons (Fsp3) is 0.348. The van der Waals surface area contributed by atoms with Gasteiger partial charge in [-0.15, -0.1) is 0 Å². The second-order valence-electron chi connectivity index (χ2n) is 8.03. The van der Waals surface area contributed by atoms with Crippen LogP contribution in [0.4, 0.5) is 11.4 Å². The Kier molecular flexibility index (Phi) is 6.36. The van der Waals surface area contributed by atoms with Gasteiger partial charge in [0, 0.05) is 51.4 Å². The molecule has 0 unspecified atom stereocenters. The van der Waals surface area contributed by atoms with Gasteiger partial charge >= 0.3 is 0 Å². The number of aromatic nitrogens is 2. The average Bonchev–Trinajstić information content (AvgIpc) is 3.13. The molecule has 172 valence electrons. The summed E-state index contributed by atoms with van der Waals surface area (Å²) in [5.41, 5.74) is 1.94. The van der Waals surface area contributed by atoms with Crippen molar-refractivity contribution < 1.29 is 14.5 Å². The van der Waals surface area contributed by atoms with Crippen LogP contribution in [0, 0.1) is 10.1 Å². The number of benzene rings is 2. The first-order valence-corrected chi connectivity index (χ1v) is 10.9. The van der Waals surface area contributed by atoms with Crippen LogP contribution in [0.5, 0.6) is 0 Å². The minimum absolute atomic E-state index is 0.00463. The normalized spacial score (nSPS) is 14.4. The van der Waals surface area contributed by atoms with Gasteiger partial charge in [0.05, 0.1) is 22.5 Å². The number of imidazole rings is 1. The van der Waals surface area contributed by atoms with Crippen molar-refractivity contribution in [3.8, 4) is 0 Å². The summed E-state index contributed by atoms with van der Waals surface area (Å²) in [6.45, 7) is 5.58. The Morgan fingerprint density at radius 2 is 1.85 bits per heavy atom. The van der Waals surface area contributed by atoms with Crippen LogP contribution in [0.2, 0.25) is 0 Å². The average molecular weight is 450 g/mol. The van der Waals surface area contributed by atoms with E-state index in [0.29, 0.717) is 18.7 Å². The first-order chi connectivity index (χ1) is 15.9. The molecule has 10 heteroatoms. The Balaban J connectivity index is 1.48. The number of carbonyl (C=O) groups is 2. The Morgan fingerprint density at radius 3 is 2.55 bits per heavy atom. The van der Waals surface area contributed by atoms with Crippen LogP contribution in [-0.2, 0) is 18.4 Å². The molecule has 2 amide bonds. The fourth-order valence-electron chi connectivity index (χ4n) is 4.07. The number of nitro groups is 1. The molecule has 0 radical (unpaired) electrons. The maximum Gasteiger partial charge on any atom is 0.282 e. The molecule has 2 aromatic carbocycles. The van der Waals surface area contributed by atoms with Crippen molar-refractivity contribution in [3.63, 3.8) is 0 Å². The molecule has 3 aromatic rings. The zero-order valence-electron chi connectivity index (χ0n) is 18.7. The van der Waals surface area contributed by atoms with Crippen molar-refractivity contribution in [2.45, 2.75) is 19.9 Å². The smallest absolute Gasteiger partial charge is 0.282 e. The molecule has 0 atom stereocenters. The molecule has 33 heavy (non-hydrogen) atoms. The van der Waals surface area contributed by atoms with E-state index in [2.05, 4.69) is 10.2 Å². The molecular weight excluding hydrogens is 424 g/mol. The van der Waals surface area contributed by atoms with Crippen molar-refractivity contribution in [2.24, 2.45) is 7.05 Å². The molecule has 0 saturated carbocycles. The van der Waals surface area contributed by atoms with E-state index in [1.165, 1.54) is 18.2 Å². The van der Waals surface area contributed by atoms with Gasteiger partial charge in [0.2, 0.25) is 5.91 Å². The number of hydrogen-bond donors (Lipinski definition) is 1. The Hall–Kier alpha value is -3.79. The number of anilines is 1. The third-order valence-electron chi connectivity index (χ3n) is 5.97. The summed E-state index contributed by atoms with van der Waals surface area (Å²) in [7, 11) is 1.95. The fourth-order valence-corrected chi connectivity index (χ4v) is 4.07. The van der Waals surface area contributed by atoms with Gasteiger partial charge in [-0.2, -0.15) is 0 Å². The Morgan fingerprint density at radius 1 is 1.12 bits per heavy atom. The van der Waals surface area contributed by atoms with E-state index in [9.17, 15) is 19.7 Å². The summed E-state index contributed by atoms with van der Waals surface area (Å²) in [5.74, 6) is 0.535. The lowest BCUT2D eigenvalue weighted by molar-refractivity contribution is -0.385. The van der Waals surface area contributed by atoms with Crippen molar-refractivity contribution >= 4 is 34.2 Å². The van der Waals surface area contributed by atoms with Crippen molar-refractivity contribution in [3.05, 3.63) is 64.0 Å². The van der Waals surface area contributed by atoms with Crippen molar-refractivity contribution in [1.82, 2.24) is 19.4 Å². The minimum Gasteiger partial charge on any atom is -0.340 e. The van der Waals surface area contributed by atoms with Crippen LogP contribution in [0.1, 0.15) is 29.5 Å². The largest absolute Gasteiger partial charge is 0.340 e. The van der Waals surface area contributed by atoms with E-state index in [1.807, 2.05) is 29.5 Å². The number of nitro benzene ring substituents is 1. The summed E-state index contributed by atoms with van der Waals surface area (Å²) in [4.78, 5) is 44.1. The molecule has 1 N–H and O–H groups in total. The lowest BCUT2D eigenvalue weighted by Crippen LogP contribution is -2.48. The Bertz CT molecular complexity index is 1210. The number of piperazine rings is 1. The van der Waals surface area contributed by atoms with Crippen LogP contribution >= 0.6 is 0 Å². The molecular formula is C23H26N6O4. The molecule has 2 heterocycles. The predicted octanol–water partition coefficient (Wildman–Crippen LogP) is 2.79. The summed E-state index contributed by atoms with van der Waals surface area (Å²) >= 11 is 0. The third kappa shape index (κ3) is 4.70. The monoisotopic (exact) mass is 450 g/mol. The standard InChI is InChI=1S/C23H26N6O4/c1-3-22(30)28-12-10-27(11-13-28)15-21-25-18-14-16(8-9-20(18)26(21)2)24-23(31)17-6-4-5-7-19(17)29(32)33/h4-9,14H,3,10-13,15H2,1-2H3,(H,24,31). The topological polar surface area (TPSA) is 114 Å². The van der Waals surface area contributed by atoms with E-state index >= 15 is 0 Å². The second-order valence-corrected chi connectivity index (χ2v) is 8.03. The number of nitrogens with one attached hydrogen (secondary N) is 1. The van der Waals surface area contributed by atoms with Gasteiger partial charge in [-0.05, 0) is 24.3 Å². The maximum atomic E-state index is 12.6. The number of rotatable bonds is 6. The molecule has 1 aliphatic heterocycles. The van der Waals surface area contributed by atoms with Crippen LogP contribution in [0.15, 0.2) is 42.5 Å². The molecule has 10 nitrogen and oxygen atoms in total. The SMILES string of the molecule is CCC(=O)N1CCN(Cc2nc3cc(NC(=O)c4ccccc4[N+](=O)[O-])ccc3n2C)CC1. The van der Waals surface area contributed by atoms with E-state index in [-0.39, 0.29) is 17.2 Å². The molecule has 4 rings (SSSR count). The highest BCUT2D eigenvalue weighted by molar-refractivity contribution is 6.07. The third-order valence-corrected chi connectivity index (χ3v) is 5.97. The number of carbonyl (C=O) groups excluding carboxylic acids is 2. The summed E-state index contributed by atoms with van der Waals surface area (Å²) in [6, 6.07) is 11.3. The number of hydrogen-bond acceptors (Lipinski definition) is 6. The molecule has 1 fully saturated rings. The lowest BCUT2D eigenvalue weighted by atomic mass is 10.1. The summed E-state index contributed by atoms with van der Waals surface area (Å²) in [5, 5.41) is 13.9. The van der Waals surface area contributed by atoms with Crippen LogP contribution < -0.4 is 5.32 Å². The zero-order valence-corrected chi connectivity index (χ0v) is 18.7. The molecule has 1 aliphatic rings. The Labute approximate surface area is 190 Å². The summed E-state index contributed by atoms with van der Waals surface area (Å²) in [6.07, 6.45) is 0.529. The highest BCUT2D eigenvalue weighted by Crippen LogP contribution is 2.23. The lowest BCUT2D eigenvalue weighted by Gasteiger charge is -2.34. The van der Waals surface area contributed by atoms with Gasteiger partial charge in [-0.1, -0.05) is 19.1 Å². The van der Waals surface area contributed by atoms with Gasteiger partial charge in [0.15, 0.2) is 0 Å². The van der Waals surface area contributed by atoms with E-state index in [1.54, 1.807) is 18.2 Å². The first-order valence-electron chi connectivity index (χ1n) is 10.9. The van der Waals surface area contributed by atoms with Crippen LogP contribution in [-0.4, -0.2) is 62.3 Å². The number of fused-ring (bicyclic) bond motifs is 1. The first kappa shape index (κ1) is 22.4. The highest BCUT2D eigenvalue weighted by Gasteiger charge is 2.22. The molecule has 0 aliphatic carbocycles. The van der Waals surface area contributed by atoms with Crippen molar-refractivity contribution in [2.75, 3.05) is 31.5 Å². The highest BCUT2D eigenvalue weighted by atomic mass is 16.6. The van der Waals surface area contributed by atoms with Crippen LogP contribution in [0.25, 0.3) is 11.0 Å². The zero-order chi connectivity index (χ0) is 23.5.